The minimum atomic E-state index is 0.0425. The molecule has 5 heteroatoms. The second kappa shape index (κ2) is 15.8. The molecule has 0 saturated carbocycles. The molecule has 1 rings (SSSR count). The first kappa shape index (κ1) is 23.8. The fourth-order valence-corrected chi connectivity index (χ4v) is 2.90. The highest BCUT2D eigenvalue weighted by molar-refractivity contribution is 4.69. The zero-order valence-corrected chi connectivity index (χ0v) is 17.7. The molecule has 1 atom stereocenters. The van der Waals surface area contributed by atoms with Gasteiger partial charge in [0.15, 0.2) is 0 Å². The fourth-order valence-electron chi connectivity index (χ4n) is 2.90. The Kier molecular flexibility index (Phi) is 14.5. The van der Waals surface area contributed by atoms with Crippen LogP contribution < -0.4 is 0 Å². The fraction of sp³-hybridized carbons (Fsp3) is 1.00. The van der Waals surface area contributed by atoms with Crippen molar-refractivity contribution >= 4 is 0 Å². The molecule has 0 aromatic rings. The predicted molar refractivity (Wildman–Crippen MR) is 106 cm³/mol. The SMILES string of the molecule is CC(C)CCOCOCC(CN1CCCCCC1)OCOCCC(C)C. The molecule has 0 aromatic heterocycles. The number of likely N-dealkylation sites (tertiary alicyclic amines) is 1. The van der Waals surface area contributed by atoms with Crippen molar-refractivity contribution < 1.29 is 18.9 Å². The Hall–Kier alpha value is -0.200. The molecule has 1 heterocycles. The van der Waals surface area contributed by atoms with Crippen LogP contribution in [-0.2, 0) is 18.9 Å². The van der Waals surface area contributed by atoms with Crippen molar-refractivity contribution in [2.45, 2.75) is 72.3 Å². The normalized spacial score (nSPS) is 17.8. The molecule has 26 heavy (non-hydrogen) atoms. The Balaban J connectivity index is 2.24. The average molecular weight is 374 g/mol. The van der Waals surface area contributed by atoms with Crippen LogP contribution in [0.4, 0.5) is 0 Å². The second-order valence-electron chi connectivity index (χ2n) is 8.29. The third-order valence-electron chi connectivity index (χ3n) is 4.70. The number of hydrogen-bond donors (Lipinski definition) is 0. The lowest BCUT2D eigenvalue weighted by Crippen LogP contribution is -2.38. The van der Waals surface area contributed by atoms with Crippen LogP contribution in [0.1, 0.15) is 66.2 Å². The van der Waals surface area contributed by atoms with E-state index in [0.29, 0.717) is 32.0 Å². The molecular weight excluding hydrogens is 330 g/mol. The van der Waals surface area contributed by atoms with E-state index in [2.05, 4.69) is 32.6 Å². The lowest BCUT2D eigenvalue weighted by molar-refractivity contribution is -0.139. The van der Waals surface area contributed by atoms with Gasteiger partial charge in [-0.05, 0) is 50.6 Å². The largest absolute Gasteiger partial charge is 0.355 e. The summed E-state index contributed by atoms with van der Waals surface area (Å²) in [6.07, 6.45) is 7.45. The van der Waals surface area contributed by atoms with Crippen LogP contribution in [-0.4, -0.2) is 64.0 Å². The van der Waals surface area contributed by atoms with Gasteiger partial charge in [-0.2, -0.15) is 0 Å². The number of hydrogen-bond acceptors (Lipinski definition) is 5. The van der Waals surface area contributed by atoms with Gasteiger partial charge >= 0.3 is 0 Å². The van der Waals surface area contributed by atoms with Gasteiger partial charge in [0.2, 0.25) is 0 Å². The van der Waals surface area contributed by atoms with Gasteiger partial charge in [0.25, 0.3) is 0 Å². The molecule has 0 aromatic carbocycles. The number of nitrogens with zero attached hydrogens (tertiary/aromatic N) is 1. The van der Waals surface area contributed by atoms with Crippen LogP contribution in [0.25, 0.3) is 0 Å². The van der Waals surface area contributed by atoms with E-state index in [4.69, 9.17) is 18.9 Å². The summed E-state index contributed by atoms with van der Waals surface area (Å²) in [5.74, 6) is 1.33. The summed E-state index contributed by atoms with van der Waals surface area (Å²) in [4.78, 5) is 2.51. The van der Waals surface area contributed by atoms with Crippen molar-refractivity contribution in [2.75, 3.05) is 53.0 Å². The summed E-state index contributed by atoms with van der Waals surface area (Å²) in [5, 5.41) is 0. The summed E-state index contributed by atoms with van der Waals surface area (Å²) < 4.78 is 22.9. The summed E-state index contributed by atoms with van der Waals surface area (Å²) in [6.45, 7) is 14.8. The van der Waals surface area contributed by atoms with Crippen molar-refractivity contribution in [2.24, 2.45) is 11.8 Å². The van der Waals surface area contributed by atoms with E-state index < -0.39 is 0 Å². The third kappa shape index (κ3) is 13.9. The van der Waals surface area contributed by atoms with E-state index in [1.807, 2.05) is 0 Å². The summed E-state index contributed by atoms with van der Waals surface area (Å²) in [7, 11) is 0. The molecule has 0 radical (unpaired) electrons. The van der Waals surface area contributed by atoms with E-state index in [0.717, 1.165) is 32.6 Å². The van der Waals surface area contributed by atoms with Gasteiger partial charge in [0.1, 0.15) is 13.6 Å². The molecule has 1 saturated heterocycles. The summed E-state index contributed by atoms with van der Waals surface area (Å²) in [5.41, 5.74) is 0. The van der Waals surface area contributed by atoms with Gasteiger partial charge in [-0.25, -0.2) is 0 Å². The Morgan fingerprint density at radius 2 is 1.31 bits per heavy atom. The lowest BCUT2D eigenvalue weighted by Gasteiger charge is -2.26. The Morgan fingerprint density at radius 3 is 1.88 bits per heavy atom. The maximum absolute atomic E-state index is 5.97. The van der Waals surface area contributed by atoms with Gasteiger partial charge < -0.3 is 23.8 Å². The average Bonchev–Trinajstić information content (AvgIpc) is 2.85. The molecule has 0 bridgehead atoms. The maximum atomic E-state index is 5.97. The zero-order valence-electron chi connectivity index (χ0n) is 17.7. The molecule has 1 fully saturated rings. The van der Waals surface area contributed by atoms with Crippen LogP contribution in [0.3, 0.4) is 0 Å². The molecule has 0 N–H and O–H groups in total. The highest BCUT2D eigenvalue weighted by atomic mass is 16.7. The lowest BCUT2D eigenvalue weighted by atomic mass is 10.1. The molecule has 0 amide bonds. The molecule has 156 valence electrons. The Morgan fingerprint density at radius 1 is 0.731 bits per heavy atom. The second-order valence-corrected chi connectivity index (χ2v) is 8.29. The predicted octanol–water partition coefficient (Wildman–Crippen LogP) is 4.30. The minimum absolute atomic E-state index is 0.0425. The Labute approximate surface area is 161 Å². The molecule has 0 spiro atoms. The van der Waals surface area contributed by atoms with Crippen LogP contribution in [0.2, 0.25) is 0 Å². The topological polar surface area (TPSA) is 40.2 Å². The molecular formula is C21H43NO4. The zero-order chi connectivity index (χ0) is 19.0. The van der Waals surface area contributed by atoms with E-state index in [1.54, 1.807) is 0 Å². The smallest absolute Gasteiger partial charge is 0.147 e. The van der Waals surface area contributed by atoms with E-state index in [-0.39, 0.29) is 6.10 Å². The highest BCUT2D eigenvalue weighted by Gasteiger charge is 2.17. The van der Waals surface area contributed by atoms with Crippen molar-refractivity contribution in [3.8, 4) is 0 Å². The van der Waals surface area contributed by atoms with Gasteiger partial charge in [-0.1, -0.05) is 40.5 Å². The van der Waals surface area contributed by atoms with E-state index >= 15 is 0 Å². The summed E-state index contributed by atoms with van der Waals surface area (Å²) >= 11 is 0. The number of rotatable bonds is 15. The standard InChI is InChI=1S/C21H43NO4/c1-19(2)9-13-23-17-25-16-21(26-18-24-14-10-20(3)4)15-22-11-7-5-6-8-12-22/h19-21H,5-18H2,1-4H3. The number of ether oxygens (including phenoxy) is 4. The highest BCUT2D eigenvalue weighted by Crippen LogP contribution is 2.11. The van der Waals surface area contributed by atoms with E-state index in [1.165, 1.54) is 38.8 Å². The molecule has 0 aliphatic carbocycles. The molecule has 1 aliphatic rings. The first-order valence-electron chi connectivity index (χ1n) is 10.6. The first-order valence-corrected chi connectivity index (χ1v) is 10.6. The first-order chi connectivity index (χ1) is 12.6. The molecule has 1 unspecified atom stereocenters. The van der Waals surface area contributed by atoms with Gasteiger partial charge in [0.05, 0.1) is 12.7 Å². The summed E-state index contributed by atoms with van der Waals surface area (Å²) in [6, 6.07) is 0. The van der Waals surface area contributed by atoms with Crippen molar-refractivity contribution in [1.29, 1.82) is 0 Å². The van der Waals surface area contributed by atoms with Crippen LogP contribution in [0.15, 0.2) is 0 Å². The van der Waals surface area contributed by atoms with Crippen molar-refractivity contribution in [3.05, 3.63) is 0 Å². The van der Waals surface area contributed by atoms with Gasteiger partial charge in [0, 0.05) is 19.8 Å². The van der Waals surface area contributed by atoms with Crippen LogP contribution in [0.5, 0.6) is 0 Å². The maximum Gasteiger partial charge on any atom is 0.147 e. The minimum Gasteiger partial charge on any atom is -0.355 e. The van der Waals surface area contributed by atoms with Crippen molar-refractivity contribution in [3.63, 3.8) is 0 Å². The van der Waals surface area contributed by atoms with E-state index in [9.17, 15) is 0 Å². The monoisotopic (exact) mass is 373 g/mol. The van der Waals surface area contributed by atoms with Crippen LogP contribution in [0, 0.1) is 11.8 Å². The third-order valence-corrected chi connectivity index (χ3v) is 4.70. The Bertz CT molecular complexity index is 304. The van der Waals surface area contributed by atoms with Gasteiger partial charge in [-0.3, -0.25) is 0 Å². The molecule has 5 nitrogen and oxygen atoms in total. The molecule has 1 aliphatic heterocycles. The van der Waals surface area contributed by atoms with Gasteiger partial charge in [-0.15, -0.1) is 0 Å². The van der Waals surface area contributed by atoms with Crippen molar-refractivity contribution in [1.82, 2.24) is 4.90 Å². The van der Waals surface area contributed by atoms with Crippen LogP contribution >= 0.6 is 0 Å². The quantitative estimate of drug-likeness (QED) is 0.316.